The van der Waals surface area contributed by atoms with E-state index in [1.54, 1.807) is 0 Å². The van der Waals surface area contributed by atoms with Gasteiger partial charge in [0.15, 0.2) is 0 Å². The van der Waals surface area contributed by atoms with Crippen LogP contribution in [-0.2, 0) is 4.79 Å². The maximum atomic E-state index is 10.9. The van der Waals surface area contributed by atoms with Crippen molar-refractivity contribution in [3.8, 4) is 0 Å². The lowest BCUT2D eigenvalue weighted by molar-refractivity contribution is -0.139. The molecule has 3 rings (SSSR count). The van der Waals surface area contributed by atoms with E-state index in [-0.39, 0.29) is 12.4 Å². The van der Waals surface area contributed by atoms with E-state index in [2.05, 4.69) is 21.6 Å². The number of hydrogen-bond donors (Lipinski definition) is 3. The zero-order valence-corrected chi connectivity index (χ0v) is 15.4. The number of nitrogen functional groups attached to an aromatic ring is 1. The number of hydrogen-bond acceptors (Lipinski definition) is 5. The Morgan fingerprint density at radius 2 is 1.85 bits per heavy atom. The number of nitrogens with zero attached hydrogens (tertiary/aromatic N) is 3. The Labute approximate surface area is 154 Å². The largest absolute Gasteiger partial charge is 0.480 e. The van der Waals surface area contributed by atoms with E-state index in [1.165, 1.54) is 5.69 Å². The lowest BCUT2D eigenvalue weighted by Crippen LogP contribution is -2.56. The van der Waals surface area contributed by atoms with Crippen LogP contribution in [0.1, 0.15) is 18.9 Å². The van der Waals surface area contributed by atoms with E-state index < -0.39 is 5.97 Å². The first-order valence-corrected chi connectivity index (χ1v) is 9.31. The summed E-state index contributed by atoms with van der Waals surface area (Å²) in [4.78, 5) is 17.9. The summed E-state index contributed by atoms with van der Waals surface area (Å²) in [6.07, 6.45) is 1.04. The molecule has 2 fully saturated rings. The second kappa shape index (κ2) is 8.05. The smallest absolute Gasteiger partial charge is 0.317 e. The predicted octanol–water partition coefficient (Wildman–Crippen LogP) is 0.888. The van der Waals surface area contributed by atoms with Crippen molar-refractivity contribution in [2.24, 2.45) is 11.7 Å². The van der Waals surface area contributed by atoms with Gasteiger partial charge < -0.3 is 15.7 Å². The Kier molecular flexibility index (Phi) is 5.78. The van der Waals surface area contributed by atoms with Crippen molar-refractivity contribution in [2.75, 3.05) is 50.7 Å². The van der Waals surface area contributed by atoms with Crippen LogP contribution in [0.25, 0.3) is 0 Å². The van der Waals surface area contributed by atoms with Gasteiger partial charge in [-0.1, -0.05) is 6.92 Å². The summed E-state index contributed by atoms with van der Waals surface area (Å²) in [7, 11) is 0. The summed E-state index contributed by atoms with van der Waals surface area (Å²) >= 11 is 0. The summed E-state index contributed by atoms with van der Waals surface area (Å²) < 4.78 is 0. The molecule has 1 aromatic carbocycles. The zero-order chi connectivity index (χ0) is 18.7. The number of rotatable bonds is 5. The molecule has 7 nitrogen and oxygen atoms in total. The minimum Gasteiger partial charge on any atom is -0.480 e. The van der Waals surface area contributed by atoms with Gasteiger partial charge in [-0.05, 0) is 36.6 Å². The van der Waals surface area contributed by atoms with Crippen LogP contribution in [0.2, 0.25) is 0 Å². The number of carboxylic acid groups (broad SMARTS) is 1. The van der Waals surface area contributed by atoms with Crippen LogP contribution < -0.4 is 10.6 Å². The molecule has 0 aliphatic carbocycles. The standard InChI is InChI=1S/C19H29N5O2/c1-14-12-22(13-18(25)26)7-6-17(14)24-10-8-23(9-11-24)16-4-2-15(3-5-16)19(20)21/h2-5,14,17H,6-13H2,1H3,(H3,20,21)(H,25,26)/t14-,17+/m0/s1. The van der Waals surface area contributed by atoms with Crippen LogP contribution in [0, 0.1) is 11.3 Å². The number of amidine groups is 1. The predicted molar refractivity (Wildman–Crippen MR) is 103 cm³/mol. The van der Waals surface area contributed by atoms with E-state index >= 15 is 0 Å². The fourth-order valence-corrected chi connectivity index (χ4v) is 4.26. The molecule has 1 aromatic rings. The highest BCUT2D eigenvalue weighted by molar-refractivity contribution is 5.95. The number of piperidine rings is 1. The Morgan fingerprint density at radius 1 is 1.19 bits per heavy atom. The number of likely N-dealkylation sites (tertiary alicyclic amines) is 1. The molecule has 0 saturated carbocycles. The summed E-state index contributed by atoms with van der Waals surface area (Å²) in [5.41, 5.74) is 7.46. The zero-order valence-electron chi connectivity index (χ0n) is 15.4. The average molecular weight is 359 g/mol. The molecule has 2 heterocycles. The normalized spacial score (nSPS) is 25.2. The molecule has 2 atom stereocenters. The summed E-state index contributed by atoms with van der Waals surface area (Å²) in [6, 6.07) is 8.44. The molecular formula is C19H29N5O2. The topological polar surface area (TPSA) is 96.9 Å². The number of carbonyl (C=O) groups is 1. The average Bonchev–Trinajstić information content (AvgIpc) is 2.62. The summed E-state index contributed by atoms with van der Waals surface area (Å²) in [6.45, 7) is 8.16. The second-order valence-electron chi connectivity index (χ2n) is 7.45. The second-order valence-corrected chi connectivity index (χ2v) is 7.45. The quantitative estimate of drug-likeness (QED) is 0.534. The van der Waals surface area contributed by atoms with Gasteiger partial charge in [-0.2, -0.15) is 0 Å². The fourth-order valence-electron chi connectivity index (χ4n) is 4.26. The molecule has 26 heavy (non-hydrogen) atoms. The van der Waals surface area contributed by atoms with E-state index in [1.807, 2.05) is 24.3 Å². The minimum atomic E-state index is -0.736. The first kappa shape index (κ1) is 18.7. The molecule has 0 aromatic heterocycles. The Bertz CT molecular complexity index is 640. The molecule has 0 bridgehead atoms. The van der Waals surface area contributed by atoms with Crippen LogP contribution >= 0.6 is 0 Å². The number of benzene rings is 1. The molecule has 0 unspecified atom stereocenters. The Hall–Kier alpha value is -2.12. The number of nitrogens with one attached hydrogen (secondary N) is 1. The summed E-state index contributed by atoms with van der Waals surface area (Å²) in [5, 5.41) is 16.5. The number of carboxylic acids is 1. The minimum absolute atomic E-state index is 0.101. The van der Waals surface area contributed by atoms with Gasteiger partial charge in [-0.3, -0.25) is 20.0 Å². The molecule has 0 amide bonds. The number of nitrogens with two attached hydrogens (primary N) is 1. The molecule has 2 aliphatic rings. The van der Waals surface area contributed by atoms with E-state index in [9.17, 15) is 4.79 Å². The van der Waals surface area contributed by atoms with Crippen molar-refractivity contribution in [3.05, 3.63) is 29.8 Å². The lowest BCUT2D eigenvalue weighted by Gasteiger charge is -2.46. The Balaban J connectivity index is 1.52. The van der Waals surface area contributed by atoms with Crippen LogP contribution in [0.5, 0.6) is 0 Å². The van der Waals surface area contributed by atoms with Gasteiger partial charge >= 0.3 is 5.97 Å². The van der Waals surface area contributed by atoms with Crippen molar-refractivity contribution in [3.63, 3.8) is 0 Å². The molecule has 0 radical (unpaired) electrons. The van der Waals surface area contributed by atoms with Gasteiger partial charge in [0, 0.05) is 56.6 Å². The van der Waals surface area contributed by atoms with Crippen molar-refractivity contribution in [1.29, 1.82) is 5.41 Å². The number of aliphatic carboxylic acids is 1. The third-order valence-electron chi connectivity index (χ3n) is 5.63. The van der Waals surface area contributed by atoms with Crippen LogP contribution in [-0.4, -0.2) is 78.6 Å². The number of anilines is 1. The first-order chi connectivity index (χ1) is 12.4. The molecular weight excluding hydrogens is 330 g/mol. The van der Waals surface area contributed by atoms with Crippen molar-refractivity contribution >= 4 is 17.5 Å². The highest BCUT2D eigenvalue weighted by Crippen LogP contribution is 2.25. The van der Waals surface area contributed by atoms with Gasteiger partial charge in [0.1, 0.15) is 5.84 Å². The van der Waals surface area contributed by atoms with Gasteiger partial charge in [0.05, 0.1) is 6.54 Å². The van der Waals surface area contributed by atoms with Crippen LogP contribution in [0.15, 0.2) is 24.3 Å². The highest BCUT2D eigenvalue weighted by Gasteiger charge is 2.32. The molecule has 0 spiro atoms. The molecule has 142 valence electrons. The van der Waals surface area contributed by atoms with Crippen LogP contribution in [0.3, 0.4) is 0 Å². The monoisotopic (exact) mass is 359 g/mol. The molecule has 2 aliphatic heterocycles. The third-order valence-corrected chi connectivity index (χ3v) is 5.63. The SMILES string of the molecule is C[C@H]1CN(CC(=O)O)CC[C@H]1N1CCN(c2ccc(C(=N)N)cc2)CC1. The van der Waals surface area contributed by atoms with E-state index in [0.717, 1.165) is 51.3 Å². The first-order valence-electron chi connectivity index (χ1n) is 9.31. The maximum absolute atomic E-state index is 10.9. The fraction of sp³-hybridized carbons (Fsp3) is 0.579. The highest BCUT2D eigenvalue weighted by atomic mass is 16.4. The molecule has 4 N–H and O–H groups in total. The van der Waals surface area contributed by atoms with Crippen molar-refractivity contribution in [1.82, 2.24) is 9.80 Å². The van der Waals surface area contributed by atoms with Crippen molar-refractivity contribution < 1.29 is 9.90 Å². The van der Waals surface area contributed by atoms with E-state index in [0.29, 0.717) is 12.0 Å². The lowest BCUT2D eigenvalue weighted by atomic mass is 9.91. The molecule has 7 heteroatoms. The van der Waals surface area contributed by atoms with Crippen molar-refractivity contribution in [2.45, 2.75) is 19.4 Å². The van der Waals surface area contributed by atoms with Gasteiger partial charge in [-0.25, -0.2) is 0 Å². The van der Waals surface area contributed by atoms with Gasteiger partial charge in [0.2, 0.25) is 0 Å². The molecule has 2 saturated heterocycles. The third kappa shape index (κ3) is 4.34. The van der Waals surface area contributed by atoms with Gasteiger partial charge in [0.25, 0.3) is 0 Å². The Morgan fingerprint density at radius 3 is 2.38 bits per heavy atom. The maximum Gasteiger partial charge on any atom is 0.317 e. The van der Waals surface area contributed by atoms with Crippen LogP contribution in [0.4, 0.5) is 5.69 Å². The number of piperazine rings is 1. The summed E-state index contributed by atoms with van der Waals surface area (Å²) in [5.74, 6) is -0.144. The van der Waals surface area contributed by atoms with E-state index in [4.69, 9.17) is 16.2 Å². The van der Waals surface area contributed by atoms with Gasteiger partial charge in [-0.15, -0.1) is 0 Å².